The third kappa shape index (κ3) is 1.82. The van der Waals surface area contributed by atoms with E-state index < -0.39 is 0 Å². The molecule has 3 atom stereocenters. The quantitative estimate of drug-likeness (QED) is 0.798. The molecule has 3 unspecified atom stereocenters. The van der Waals surface area contributed by atoms with Gasteiger partial charge in [0.25, 0.3) is 0 Å². The molecule has 118 valence electrons. The van der Waals surface area contributed by atoms with Gasteiger partial charge >= 0.3 is 0 Å². The third-order valence-corrected chi connectivity index (χ3v) is 6.16. The van der Waals surface area contributed by atoms with E-state index in [0.717, 1.165) is 41.3 Å². The van der Waals surface area contributed by atoms with Gasteiger partial charge in [0, 0.05) is 24.4 Å². The highest BCUT2D eigenvalue weighted by Gasteiger charge is 2.54. The Morgan fingerprint density at radius 2 is 2.05 bits per heavy atom. The lowest BCUT2D eigenvalue weighted by Gasteiger charge is -2.55. The summed E-state index contributed by atoms with van der Waals surface area (Å²) in [6, 6.07) is 4.11. The van der Waals surface area contributed by atoms with Crippen LogP contribution < -0.4 is 14.8 Å². The Hall–Kier alpha value is -1.29. The van der Waals surface area contributed by atoms with Crippen molar-refractivity contribution in [2.45, 2.75) is 57.2 Å². The van der Waals surface area contributed by atoms with E-state index in [9.17, 15) is 0 Å². The standard InChI is InChI=1S/C18H23NO2S/c1-17(2)12-7-8-18(3)9-11(12)14-13(20-18)6-5-10(15(14)21-17)16(22)19-4/h5-6,11-12H,7-9H2,1-4H3,(H,19,22). The minimum absolute atomic E-state index is 0.0239. The van der Waals surface area contributed by atoms with Crippen LogP contribution in [0.15, 0.2) is 12.1 Å². The van der Waals surface area contributed by atoms with Crippen LogP contribution in [0.3, 0.4) is 0 Å². The Kier molecular flexibility index (Phi) is 2.85. The normalized spacial score (nSPS) is 33.5. The van der Waals surface area contributed by atoms with E-state index in [1.807, 2.05) is 13.1 Å². The summed E-state index contributed by atoms with van der Waals surface area (Å²) in [7, 11) is 1.86. The van der Waals surface area contributed by atoms with Gasteiger partial charge in [-0.05, 0) is 52.2 Å². The number of rotatable bonds is 1. The number of benzene rings is 1. The maximum Gasteiger partial charge on any atom is 0.137 e. The van der Waals surface area contributed by atoms with Crippen molar-refractivity contribution in [2.24, 2.45) is 5.92 Å². The molecule has 2 aliphatic heterocycles. The van der Waals surface area contributed by atoms with E-state index in [0.29, 0.717) is 11.8 Å². The molecule has 1 saturated carbocycles. The molecule has 22 heavy (non-hydrogen) atoms. The van der Waals surface area contributed by atoms with E-state index in [1.54, 1.807) is 0 Å². The van der Waals surface area contributed by atoms with Crippen LogP contribution in [0.5, 0.6) is 11.5 Å². The Bertz CT molecular complexity index is 669. The summed E-state index contributed by atoms with van der Waals surface area (Å²) >= 11 is 5.47. The summed E-state index contributed by atoms with van der Waals surface area (Å²) in [5.74, 6) is 3.00. The number of fused-ring (bicyclic) bond motifs is 1. The lowest BCUT2D eigenvalue weighted by Crippen LogP contribution is -2.54. The first-order valence-corrected chi connectivity index (χ1v) is 8.52. The van der Waals surface area contributed by atoms with Crippen molar-refractivity contribution in [3.05, 3.63) is 23.3 Å². The minimum atomic E-state index is -0.160. The first-order chi connectivity index (χ1) is 10.3. The average Bonchev–Trinajstić information content (AvgIpc) is 2.44. The maximum atomic E-state index is 6.47. The number of ether oxygens (including phenoxy) is 2. The number of thiocarbonyl (C=S) groups is 1. The molecular weight excluding hydrogens is 294 g/mol. The zero-order valence-electron chi connectivity index (χ0n) is 13.7. The fourth-order valence-electron chi connectivity index (χ4n) is 4.65. The highest BCUT2D eigenvalue weighted by atomic mass is 32.1. The molecule has 2 heterocycles. The van der Waals surface area contributed by atoms with Crippen LogP contribution in [0.2, 0.25) is 0 Å². The van der Waals surface area contributed by atoms with E-state index >= 15 is 0 Å². The van der Waals surface area contributed by atoms with E-state index in [2.05, 4.69) is 32.2 Å². The van der Waals surface area contributed by atoms with Crippen LogP contribution in [0, 0.1) is 5.92 Å². The molecule has 0 radical (unpaired) electrons. The molecule has 0 aromatic heterocycles. The smallest absolute Gasteiger partial charge is 0.137 e. The van der Waals surface area contributed by atoms with Crippen molar-refractivity contribution >= 4 is 17.2 Å². The second-order valence-electron chi connectivity index (χ2n) is 7.65. The van der Waals surface area contributed by atoms with Gasteiger partial charge < -0.3 is 14.8 Å². The summed E-state index contributed by atoms with van der Waals surface area (Å²) in [5, 5.41) is 3.08. The summed E-state index contributed by atoms with van der Waals surface area (Å²) in [6.07, 6.45) is 3.35. The zero-order valence-corrected chi connectivity index (χ0v) is 14.5. The van der Waals surface area contributed by atoms with Gasteiger partial charge in [0.15, 0.2) is 0 Å². The Morgan fingerprint density at radius 1 is 1.27 bits per heavy atom. The highest BCUT2D eigenvalue weighted by molar-refractivity contribution is 7.80. The minimum Gasteiger partial charge on any atom is -0.487 e. The molecule has 1 aliphatic carbocycles. The van der Waals surface area contributed by atoms with Crippen LogP contribution in [-0.2, 0) is 0 Å². The van der Waals surface area contributed by atoms with Crippen molar-refractivity contribution in [3.63, 3.8) is 0 Å². The number of hydrogen-bond donors (Lipinski definition) is 1. The van der Waals surface area contributed by atoms with Crippen LogP contribution in [0.25, 0.3) is 0 Å². The van der Waals surface area contributed by atoms with Gasteiger partial charge in [-0.15, -0.1) is 0 Å². The highest BCUT2D eigenvalue weighted by Crippen LogP contribution is 2.60. The summed E-state index contributed by atoms with van der Waals surface area (Å²) in [6.45, 7) is 6.69. The van der Waals surface area contributed by atoms with Crippen molar-refractivity contribution in [1.82, 2.24) is 5.32 Å². The topological polar surface area (TPSA) is 30.5 Å². The molecule has 4 rings (SSSR count). The molecule has 0 amide bonds. The summed E-state index contributed by atoms with van der Waals surface area (Å²) < 4.78 is 12.8. The second kappa shape index (κ2) is 4.38. The molecule has 4 heteroatoms. The Labute approximate surface area is 137 Å². The lowest BCUT2D eigenvalue weighted by atomic mass is 9.61. The molecule has 2 bridgehead atoms. The largest absolute Gasteiger partial charge is 0.487 e. The second-order valence-corrected chi connectivity index (χ2v) is 8.05. The molecule has 0 saturated heterocycles. The SMILES string of the molecule is CNC(=S)c1ccc2c3c1OC(C)(C)C1CCC(C)(CC31)O2. The predicted molar refractivity (Wildman–Crippen MR) is 91.0 cm³/mol. The van der Waals surface area contributed by atoms with Crippen LogP contribution >= 0.6 is 12.2 Å². The Balaban J connectivity index is 1.96. The first kappa shape index (κ1) is 14.3. The average molecular weight is 317 g/mol. The van der Waals surface area contributed by atoms with Crippen LogP contribution in [0.1, 0.15) is 57.1 Å². The van der Waals surface area contributed by atoms with Crippen molar-refractivity contribution in [2.75, 3.05) is 7.05 Å². The summed E-state index contributed by atoms with van der Waals surface area (Å²) in [4.78, 5) is 0.733. The molecule has 3 aliphatic rings. The van der Waals surface area contributed by atoms with Crippen LogP contribution in [0.4, 0.5) is 0 Å². The molecule has 1 aromatic rings. The number of hydrogen-bond acceptors (Lipinski definition) is 3. The van der Waals surface area contributed by atoms with Gasteiger partial charge in [-0.1, -0.05) is 12.2 Å². The van der Waals surface area contributed by atoms with Crippen LogP contribution in [-0.4, -0.2) is 23.2 Å². The van der Waals surface area contributed by atoms with Gasteiger partial charge in [-0.3, -0.25) is 0 Å². The zero-order chi connectivity index (χ0) is 15.7. The first-order valence-electron chi connectivity index (χ1n) is 8.12. The van der Waals surface area contributed by atoms with Gasteiger partial charge in [0.05, 0.1) is 5.56 Å². The summed E-state index contributed by atoms with van der Waals surface area (Å²) in [5.41, 5.74) is 2.05. The molecule has 3 nitrogen and oxygen atoms in total. The van der Waals surface area contributed by atoms with E-state index in [4.69, 9.17) is 21.7 Å². The third-order valence-electron chi connectivity index (χ3n) is 5.73. The molecular formula is C18H23NO2S. The van der Waals surface area contributed by atoms with E-state index in [1.165, 1.54) is 5.56 Å². The van der Waals surface area contributed by atoms with Crippen molar-refractivity contribution < 1.29 is 9.47 Å². The van der Waals surface area contributed by atoms with Gasteiger partial charge in [-0.2, -0.15) is 0 Å². The van der Waals surface area contributed by atoms with Crippen molar-refractivity contribution in [3.8, 4) is 11.5 Å². The number of nitrogens with one attached hydrogen (secondary N) is 1. The fourth-order valence-corrected chi connectivity index (χ4v) is 4.81. The van der Waals surface area contributed by atoms with Gasteiger partial charge in [-0.25, -0.2) is 0 Å². The van der Waals surface area contributed by atoms with Gasteiger partial charge in [0.1, 0.15) is 27.7 Å². The molecule has 1 aromatic carbocycles. The Morgan fingerprint density at radius 3 is 2.77 bits per heavy atom. The monoisotopic (exact) mass is 317 g/mol. The van der Waals surface area contributed by atoms with E-state index in [-0.39, 0.29) is 11.2 Å². The lowest BCUT2D eigenvalue weighted by molar-refractivity contribution is -0.0727. The van der Waals surface area contributed by atoms with Gasteiger partial charge in [0.2, 0.25) is 0 Å². The molecule has 1 fully saturated rings. The van der Waals surface area contributed by atoms with Crippen molar-refractivity contribution in [1.29, 1.82) is 0 Å². The predicted octanol–water partition coefficient (Wildman–Crippen LogP) is 3.79. The molecule has 1 N–H and O–H groups in total. The maximum absolute atomic E-state index is 6.47. The fraction of sp³-hybridized carbons (Fsp3) is 0.611. The molecule has 0 spiro atoms.